The fourth-order valence-electron chi connectivity index (χ4n) is 1.85. The Morgan fingerprint density at radius 3 is 2.75 bits per heavy atom. The second-order valence-electron chi connectivity index (χ2n) is 4.12. The predicted molar refractivity (Wildman–Crippen MR) is 66.8 cm³/mol. The predicted octanol–water partition coefficient (Wildman–Crippen LogP) is 2.85. The maximum absolute atomic E-state index is 10.8. The highest BCUT2D eigenvalue weighted by molar-refractivity contribution is 7.10. The highest BCUT2D eigenvalue weighted by Crippen LogP contribution is 2.27. The lowest BCUT2D eigenvalue weighted by atomic mass is 10.1. The molecule has 0 aliphatic heterocycles. The summed E-state index contributed by atoms with van der Waals surface area (Å²) >= 11 is 1.73. The first-order valence-electron chi connectivity index (χ1n) is 5.52. The fourth-order valence-corrected chi connectivity index (χ4v) is 2.82. The summed E-state index contributed by atoms with van der Waals surface area (Å²) in [6, 6.07) is 4.49. The van der Waals surface area contributed by atoms with Crippen LogP contribution >= 0.6 is 11.3 Å². The van der Waals surface area contributed by atoms with Gasteiger partial charge in [0.25, 0.3) is 0 Å². The van der Waals surface area contributed by atoms with Crippen LogP contribution in [-0.2, 0) is 4.79 Å². The van der Waals surface area contributed by atoms with Gasteiger partial charge in [0.15, 0.2) is 0 Å². The summed E-state index contributed by atoms with van der Waals surface area (Å²) in [4.78, 5) is 14.2. The van der Waals surface area contributed by atoms with Gasteiger partial charge in [0.2, 0.25) is 0 Å². The van der Waals surface area contributed by atoms with Crippen molar-refractivity contribution in [3.8, 4) is 0 Å². The van der Waals surface area contributed by atoms with Gasteiger partial charge < -0.3 is 5.11 Å². The smallest absolute Gasteiger partial charge is 0.307 e. The van der Waals surface area contributed by atoms with Crippen LogP contribution in [0.1, 0.15) is 31.2 Å². The summed E-state index contributed by atoms with van der Waals surface area (Å²) < 4.78 is 0. The zero-order valence-corrected chi connectivity index (χ0v) is 10.8. The van der Waals surface area contributed by atoms with Crippen molar-refractivity contribution < 1.29 is 9.90 Å². The van der Waals surface area contributed by atoms with Crippen LogP contribution in [0.25, 0.3) is 0 Å². The van der Waals surface area contributed by atoms with Gasteiger partial charge in [-0.15, -0.1) is 11.3 Å². The van der Waals surface area contributed by atoms with Crippen LogP contribution in [0.15, 0.2) is 17.5 Å². The molecule has 0 radical (unpaired) electrons. The molecule has 0 amide bonds. The summed E-state index contributed by atoms with van der Waals surface area (Å²) in [7, 11) is 1.99. The lowest BCUT2D eigenvalue weighted by molar-refractivity contribution is -0.141. The van der Waals surface area contributed by atoms with Gasteiger partial charge in [0.05, 0.1) is 5.92 Å². The maximum atomic E-state index is 10.8. The minimum atomic E-state index is -0.729. The molecule has 90 valence electrons. The van der Waals surface area contributed by atoms with Crippen LogP contribution < -0.4 is 0 Å². The number of carboxylic acids is 1. The van der Waals surface area contributed by atoms with Crippen molar-refractivity contribution in [2.75, 3.05) is 13.6 Å². The van der Waals surface area contributed by atoms with E-state index >= 15 is 0 Å². The number of rotatable bonds is 6. The van der Waals surface area contributed by atoms with E-state index in [1.807, 2.05) is 13.1 Å². The van der Waals surface area contributed by atoms with E-state index in [0.717, 1.165) is 6.42 Å². The standard InChI is InChI=1S/C12H19NO2S/c1-4-10(11-6-5-7-16-11)13(3)8-9(2)12(14)15/h5-7,9-10H,4,8H2,1-3H3,(H,14,15). The normalized spacial score (nSPS) is 15.0. The molecule has 0 fully saturated rings. The Labute approximate surface area is 101 Å². The first-order chi connectivity index (χ1) is 7.56. The van der Waals surface area contributed by atoms with Crippen LogP contribution in [-0.4, -0.2) is 29.6 Å². The molecule has 0 saturated heterocycles. The van der Waals surface area contributed by atoms with Crippen LogP contribution in [0.5, 0.6) is 0 Å². The number of carbonyl (C=O) groups is 1. The third-order valence-electron chi connectivity index (χ3n) is 2.77. The molecule has 1 heterocycles. The number of carboxylic acid groups (broad SMARTS) is 1. The summed E-state index contributed by atoms with van der Waals surface area (Å²) in [6.45, 7) is 4.47. The molecule has 1 aromatic rings. The van der Waals surface area contributed by atoms with Gasteiger partial charge in [-0.3, -0.25) is 9.69 Å². The van der Waals surface area contributed by atoms with E-state index in [4.69, 9.17) is 5.11 Å². The second-order valence-corrected chi connectivity index (χ2v) is 5.10. The third kappa shape index (κ3) is 3.32. The molecule has 3 nitrogen and oxygen atoms in total. The number of thiophene rings is 1. The molecule has 1 rings (SSSR count). The van der Waals surface area contributed by atoms with E-state index in [1.165, 1.54) is 4.88 Å². The Kier molecular flexibility index (Phi) is 4.96. The summed E-state index contributed by atoms with van der Waals surface area (Å²) in [5.41, 5.74) is 0. The Hall–Kier alpha value is -0.870. The van der Waals surface area contributed by atoms with Crippen LogP contribution in [0.2, 0.25) is 0 Å². The first-order valence-corrected chi connectivity index (χ1v) is 6.40. The molecular weight excluding hydrogens is 222 g/mol. The summed E-state index contributed by atoms with van der Waals surface area (Å²) in [5.74, 6) is -1.05. The zero-order chi connectivity index (χ0) is 12.1. The molecule has 1 N–H and O–H groups in total. The topological polar surface area (TPSA) is 40.5 Å². The molecule has 0 aliphatic carbocycles. The quantitative estimate of drug-likeness (QED) is 0.832. The largest absolute Gasteiger partial charge is 0.481 e. The molecule has 16 heavy (non-hydrogen) atoms. The Bertz CT molecular complexity index is 324. The monoisotopic (exact) mass is 241 g/mol. The van der Waals surface area contributed by atoms with Crippen molar-refractivity contribution >= 4 is 17.3 Å². The van der Waals surface area contributed by atoms with Crippen LogP contribution in [0.3, 0.4) is 0 Å². The molecule has 2 atom stereocenters. The Balaban J connectivity index is 2.63. The molecule has 0 saturated carbocycles. The zero-order valence-electron chi connectivity index (χ0n) is 10.0. The lowest BCUT2D eigenvalue weighted by Crippen LogP contribution is -2.31. The van der Waals surface area contributed by atoms with E-state index in [-0.39, 0.29) is 5.92 Å². The molecule has 1 aromatic heterocycles. The van der Waals surface area contributed by atoms with Crippen molar-refractivity contribution in [2.45, 2.75) is 26.3 Å². The maximum Gasteiger partial charge on any atom is 0.307 e. The molecule has 2 unspecified atom stereocenters. The van der Waals surface area contributed by atoms with E-state index in [9.17, 15) is 4.79 Å². The Morgan fingerprint density at radius 2 is 2.31 bits per heavy atom. The van der Waals surface area contributed by atoms with E-state index in [1.54, 1.807) is 18.3 Å². The van der Waals surface area contributed by atoms with E-state index in [2.05, 4.69) is 23.3 Å². The summed E-state index contributed by atoms with van der Waals surface area (Å²) in [6.07, 6.45) is 1.00. The van der Waals surface area contributed by atoms with Gasteiger partial charge in [-0.25, -0.2) is 0 Å². The highest BCUT2D eigenvalue weighted by Gasteiger charge is 2.20. The summed E-state index contributed by atoms with van der Waals surface area (Å²) in [5, 5.41) is 11.0. The van der Waals surface area contributed by atoms with Gasteiger partial charge in [0.1, 0.15) is 0 Å². The van der Waals surface area contributed by atoms with Crippen molar-refractivity contribution in [2.24, 2.45) is 5.92 Å². The number of aliphatic carboxylic acids is 1. The number of hydrogen-bond donors (Lipinski definition) is 1. The SMILES string of the molecule is CCC(c1cccs1)N(C)CC(C)C(=O)O. The molecule has 0 aliphatic rings. The van der Waals surface area contributed by atoms with Crippen molar-refractivity contribution in [1.29, 1.82) is 0 Å². The second kappa shape index (κ2) is 6.01. The highest BCUT2D eigenvalue weighted by atomic mass is 32.1. The molecular formula is C12H19NO2S. The minimum Gasteiger partial charge on any atom is -0.481 e. The minimum absolute atomic E-state index is 0.320. The fraction of sp³-hybridized carbons (Fsp3) is 0.583. The molecule has 0 bridgehead atoms. The number of nitrogens with zero attached hydrogens (tertiary/aromatic N) is 1. The molecule has 0 aromatic carbocycles. The van der Waals surface area contributed by atoms with Crippen LogP contribution in [0.4, 0.5) is 0 Å². The van der Waals surface area contributed by atoms with Crippen LogP contribution in [0, 0.1) is 5.92 Å². The Morgan fingerprint density at radius 1 is 1.62 bits per heavy atom. The van der Waals surface area contributed by atoms with Gasteiger partial charge in [-0.2, -0.15) is 0 Å². The van der Waals surface area contributed by atoms with Gasteiger partial charge in [-0.05, 0) is 24.9 Å². The molecule has 0 spiro atoms. The van der Waals surface area contributed by atoms with Crippen molar-refractivity contribution in [3.05, 3.63) is 22.4 Å². The van der Waals surface area contributed by atoms with E-state index < -0.39 is 5.97 Å². The first kappa shape index (κ1) is 13.2. The number of hydrogen-bond acceptors (Lipinski definition) is 3. The van der Waals surface area contributed by atoms with Gasteiger partial charge >= 0.3 is 5.97 Å². The third-order valence-corrected chi connectivity index (χ3v) is 3.75. The van der Waals surface area contributed by atoms with Gasteiger partial charge in [-0.1, -0.05) is 19.9 Å². The lowest BCUT2D eigenvalue weighted by Gasteiger charge is -2.27. The average molecular weight is 241 g/mol. The molecule has 4 heteroatoms. The van der Waals surface area contributed by atoms with Crippen molar-refractivity contribution in [3.63, 3.8) is 0 Å². The average Bonchev–Trinajstić information content (AvgIpc) is 2.72. The van der Waals surface area contributed by atoms with Gasteiger partial charge in [0, 0.05) is 17.5 Å². The van der Waals surface area contributed by atoms with Crippen molar-refractivity contribution in [1.82, 2.24) is 4.90 Å². The van der Waals surface area contributed by atoms with E-state index in [0.29, 0.717) is 12.6 Å².